The van der Waals surface area contributed by atoms with Gasteiger partial charge in [0.2, 0.25) is 5.91 Å². The summed E-state index contributed by atoms with van der Waals surface area (Å²) in [5.41, 5.74) is 1.85. The second-order valence-electron chi connectivity index (χ2n) is 5.82. The highest BCUT2D eigenvalue weighted by atomic mass is 32.2. The van der Waals surface area contributed by atoms with Gasteiger partial charge in [-0.3, -0.25) is 14.5 Å². The fourth-order valence-electron chi connectivity index (χ4n) is 2.52. The number of aryl methyl sites for hydroxylation is 1. The summed E-state index contributed by atoms with van der Waals surface area (Å²) in [7, 11) is 0. The molecule has 0 aliphatic carbocycles. The molecule has 1 aliphatic rings. The lowest BCUT2D eigenvalue weighted by Crippen LogP contribution is -2.29. The zero-order chi connectivity index (χ0) is 18.5. The number of carbonyl (C=O) groups is 2. The highest BCUT2D eigenvalue weighted by molar-refractivity contribution is 8.26. The van der Waals surface area contributed by atoms with E-state index in [2.05, 4.69) is 5.32 Å². The molecule has 1 aromatic carbocycles. The monoisotopic (exact) mass is 402 g/mol. The average molecular weight is 403 g/mol. The summed E-state index contributed by atoms with van der Waals surface area (Å²) in [6.07, 6.45) is 2.78. The number of amides is 2. The molecule has 0 atom stereocenters. The number of para-hydroxylation sites is 1. The van der Waals surface area contributed by atoms with E-state index in [4.69, 9.17) is 12.2 Å². The highest BCUT2D eigenvalue weighted by Crippen LogP contribution is 2.33. The standard InChI is InChI=1S/C19H18N2O2S3/c1-13-6-2-3-8-15(13)20-17(22)9-4-10-21-18(23)16(26-19(21)24)12-14-7-5-11-25-14/h2-3,5-8,11-12H,4,9-10H2,1H3,(H,20,22)/b16-12-. The van der Waals surface area contributed by atoms with Crippen LogP contribution in [0, 0.1) is 6.92 Å². The fraction of sp³-hybridized carbons (Fsp3) is 0.211. The van der Waals surface area contributed by atoms with Crippen molar-refractivity contribution in [2.75, 3.05) is 11.9 Å². The molecule has 7 heteroatoms. The zero-order valence-corrected chi connectivity index (χ0v) is 16.7. The molecule has 1 aliphatic heterocycles. The average Bonchev–Trinajstić information content (AvgIpc) is 3.21. The predicted octanol–water partition coefficient (Wildman–Crippen LogP) is 4.68. The van der Waals surface area contributed by atoms with Crippen LogP contribution in [-0.2, 0) is 9.59 Å². The molecule has 0 bridgehead atoms. The summed E-state index contributed by atoms with van der Waals surface area (Å²) in [6, 6.07) is 11.6. The van der Waals surface area contributed by atoms with E-state index in [9.17, 15) is 9.59 Å². The lowest BCUT2D eigenvalue weighted by atomic mass is 10.2. The molecule has 0 spiro atoms. The zero-order valence-electron chi connectivity index (χ0n) is 14.2. The fourth-order valence-corrected chi connectivity index (χ4v) is 4.55. The molecule has 1 aromatic heterocycles. The van der Waals surface area contributed by atoms with Gasteiger partial charge >= 0.3 is 0 Å². The van der Waals surface area contributed by atoms with Crippen molar-refractivity contribution in [2.24, 2.45) is 0 Å². The van der Waals surface area contributed by atoms with Crippen molar-refractivity contribution in [2.45, 2.75) is 19.8 Å². The molecular formula is C19H18N2O2S3. The van der Waals surface area contributed by atoms with Crippen molar-refractivity contribution in [3.63, 3.8) is 0 Å². The molecule has 1 saturated heterocycles. The molecule has 134 valence electrons. The first-order chi connectivity index (χ1) is 12.5. The number of thiophene rings is 1. The van der Waals surface area contributed by atoms with Crippen LogP contribution in [0.4, 0.5) is 5.69 Å². The molecule has 26 heavy (non-hydrogen) atoms. The van der Waals surface area contributed by atoms with E-state index in [0.29, 0.717) is 28.6 Å². The summed E-state index contributed by atoms with van der Waals surface area (Å²) in [6.45, 7) is 2.41. The van der Waals surface area contributed by atoms with Crippen LogP contribution in [-0.4, -0.2) is 27.6 Å². The molecular weight excluding hydrogens is 384 g/mol. The molecule has 2 heterocycles. The minimum atomic E-state index is -0.0762. The highest BCUT2D eigenvalue weighted by Gasteiger charge is 2.31. The Kier molecular flexibility index (Phi) is 6.24. The lowest BCUT2D eigenvalue weighted by Gasteiger charge is -2.14. The number of hydrogen-bond acceptors (Lipinski definition) is 5. The lowest BCUT2D eigenvalue weighted by molar-refractivity contribution is -0.122. The largest absolute Gasteiger partial charge is 0.326 e. The molecule has 0 saturated carbocycles. The number of thiocarbonyl (C=S) groups is 1. The predicted molar refractivity (Wildman–Crippen MR) is 113 cm³/mol. The number of benzene rings is 1. The van der Waals surface area contributed by atoms with Gasteiger partial charge in [-0.2, -0.15) is 0 Å². The Labute approximate surface area is 166 Å². The van der Waals surface area contributed by atoms with Crippen molar-refractivity contribution in [3.8, 4) is 0 Å². The van der Waals surface area contributed by atoms with Gasteiger partial charge in [-0.1, -0.05) is 48.2 Å². The summed E-state index contributed by atoms with van der Waals surface area (Å²) < 4.78 is 0.553. The first-order valence-electron chi connectivity index (χ1n) is 8.19. The minimum Gasteiger partial charge on any atom is -0.326 e. The molecule has 2 amide bonds. The Morgan fingerprint density at radius 3 is 2.81 bits per heavy atom. The van der Waals surface area contributed by atoms with Crippen molar-refractivity contribution in [1.29, 1.82) is 0 Å². The molecule has 1 fully saturated rings. The van der Waals surface area contributed by atoms with Crippen molar-refractivity contribution in [3.05, 3.63) is 57.1 Å². The van der Waals surface area contributed by atoms with Crippen LogP contribution in [0.25, 0.3) is 6.08 Å². The number of thioether (sulfide) groups is 1. The normalized spacial score (nSPS) is 15.7. The Morgan fingerprint density at radius 1 is 1.27 bits per heavy atom. The van der Waals surface area contributed by atoms with Gasteiger partial charge in [0, 0.05) is 23.5 Å². The number of nitrogens with zero attached hydrogens (tertiary/aromatic N) is 1. The van der Waals surface area contributed by atoms with Gasteiger partial charge in [0.15, 0.2) is 0 Å². The van der Waals surface area contributed by atoms with Crippen LogP contribution in [0.2, 0.25) is 0 Å². The summed E-state index contributed by atoms with van der Waals surface area (Å²) in [5.74, 6) is -0.133. The van der Waals surface area contributed by atoms with Crippen LogP contribution >= 0.6 is 35.3 Å². The molecule has 4 nitrogen and oxygen atoms in total. The van der Waals surface area contributed by atoms with E-state index in [1.54, 1.807) is 16.2 Å². The summed E-state index contributed by atoms with van der Waals surface area (Å²) in [5, 5.41) is 4.88. The van der Waals surface area contributed by atoms with Crippen LogP contribution in [0.3, 0.4) is 0 Å². The Balaban J connectivity index is 1.52. The van der Waals surface area contributed by atoms with Gasteiger partial charge in [0.1, 0.15) is 4.32 Å². The maximum atomic E-state index is 12.5. The van der Waals surface area contributed by atoms with Gasteiger partial charge in [-0.05, 0) is 42.5 Å². The Morgan fingerprint density at radius 2 is 2.08 bits per heavy atom. The van der Waals surface area contributed by atoms with Crippen LogP contribution < -0.4 is 5.32 Å². The first-order valence-corrected chi connectivity index (χ1v) is 10.3. The first kappa shape index (κ1) is 18.8. The summed E-state index contributed by atoms with van der Waals surface area (Å²) >= 11 is 8.22. The SMILES string of the molecule is Cc1ccccc1NC(=O)CCCN1C(=O)/C(=C/c2cccs2)SC1=S. The van der Waals surface area contributed by atoms with E-state index in [-0.39, 0.29) is 11.8 Å². The minimum absolute atomic E-state index is 0.0566. The van der Waals surface area contributed by atoms with E-state index in [1.165, 1.54) is 11.8 Å². The van der Waals surface area contributed by atoms with Gasteiger partial charge in [0.05, 0.1) is 4.91 Å². The van der Waals surface area contributed by atoms with Crippen molar-refractivity contribution in [1.82, 2.24) is 4.90 Å². The number of carbonyl (C=O) groups excluding carboxylic acids is 2. The number of anilines is 1. The number of hydrogen-bond donors (Lipinski definition) is 1. The number of nitrogens with one attached hydrogen (secondary N) is 1. The third-order valence-electron chi connectivity index (χ3n) is 3.89. The second-order valence-corrected chi connectivity index (χ2v) is 8.47. The van der Waals surface area contributed by atoms with Gasteiger partial charge < -0.3 is 5.32 Å². The maximum Gasteiger partial charge on any atom is 0.266 e. The smallest absolute Gasteiger partial charge is 0.266 e. The van der Waals surface area contributed by atoms with Crippen LogP contribution in [0.15, 0.2) is 46.7 Å². The second kappa shape index (κ2) is 8.62. The quantitative estimate of drug-likeness (QED) is 0.563. The van der Waals surface area contributed by atoms with Crippen molar-refractivity contribution < 1.29 is 9.59 Å². The van der Waals surface area contributed by atoms with Crippen LogP contribution in [0.1, 0.15) is 23.3 Å². The van der Waals surface area contributed by atoms with Gasteiger partial charge in [0.25, 0.3) is 5.91 Å². The maximum absolute atomic E-state index is 12.5. The third kappa shape index (κ3) is 4.60. The molecule has 1 N–H and O–H groups in total. The number of rotatable bonds is 6. The third-order valence-corrected chi connectivity index (χ3v) is 6.09. The van der Waals surface area contributed by atoms with Crippen molar-refractivity contribution >= 4 is 63.2 Å². The Hall–Kier alpha value is -1.96. The van der Waals surface area contributed by atoms with E-state index < -0.39 is 0 Å². The van der Waals surface area contributed by atoms with Crippen LogP contribution in [0.5, 0.6) is 0 Å². The summed E-state index contributed by atoms with van der Waals surface area (Å²) in [4.78, 5) is 27.9. The topological polar surface area (TPSA) is 49.4 Å². The molecule has 0 radical (unpaired) electrons. The van der Waals surface area contributed by atoms with Gasteiger partial charge in [-0.15, -0.1) is 11.3 Å². The van der Waals surface area contributed by atoms with Gasteiger partial charge in [-0.25, -0.2) is 0 Å². The Bertz CT molecular complexity index is 859. The van der Waals surface area contributed by atoms with E-state index in [1.807, 2.05) is 54.8 Å². The molecule has 2 aromatic rings. The molecule has 3 rings (SSSR count). The molecule has 0 unspecified atom stereocenters. The van der Waals surface area contributed by atoms with E-state index >= 15 is 0 Å². The van der Waals surface area contributed by atoms with E-state index in [0.717, 1.165) is 16.1 Å².